The van der Waals surface area contributed by atoms with Gasteiger partial charge in [-0.05, 0) is 44.0 Å². The highest BCUT2D eigenvalue weighted by molar-refractivity contribution is 9.11. The number of ether oxygens (including phenoxy) is 1. The van der Waals surface area contributed by atoms with Crippen LogP contribution < -0.4 is 10.1 Å². The average molecular weight is 323 g/mol. The van der Waals surface area contributed by atoms with Crippen LogP contribution in [0.3, 0.4) is 0 Å². The van der Waals surface area contributed by atoms with Crippen LogP contribution in [0.25, 0.3) is 0 Å². The van der Waals surface area contributed by atoms with Gasteiger partial charge in [0.2, 0.25) is 5.91 Å². The zero-order valence-electron chi connectivity index (χ0n) is 7.73. The Bertz CT molecular complexity index is 343. The zero-order chi connectivity index (χ0) is 10.7. The highest BCUT2D eigenvalue weighted by Gasteiger charge is 2.07. The first-order valence-electron chi connectivity index (χ1n) is 3.85. The third-order valence-electron chi connectivity index (χ3n) is 1.52. The van der Waals surface area contributed by atoms with E-state index in [0.29, 0.717) is 5.75 Å². The molecule has 76 valence electrons. The Balaban J connectivity index is 3.07. The molecule has 1 aromatic carbocycles. The molecule has 3 nitrogen and oxygen atoms in total. The topological polar surface area (TPSA) is 38.3 Å². The Morgan fingerprint density at radius 3 is 2.21 bits per heavy atom. The van der Waals surface area contributed by atoms with Crippen molar-refractivity contribution in [1.29, 1.82) is 0 Å². The number of hydrogen-bond donors (Lipinski definition) is 1. The summed E-state index contributed by atoms with van der Waals surface area (Å²) in [6.45, 7) is 1.46. The Morgan fingerprint density at radius 1 is 1.36 bits per heavy atom. The number of amides is 1. The zero-order valence-corrected chi connectivity index (χ0v) is 10.9. The van der Waals surface area contributed by atoms with Crippen molar-refractivity contribution in [2.75, 3.05) is 12.4 Å². The number of nitrogens with one attached hydrogen (secondary N) is 1. The van der Waals surface area contributed by atoms with Gasteiger partial charge in [-0.2, -0.15) is 0 Å². The van der Waals surface area contributed by atoms with Gasteiger partial charge in [0.1, 0.15) is 5.75 Å². The molecule has 1 aromatic rings. The quantitative estimate of drug-likeness (QED) is 0.908. The molecule has 5 heteroatoms. The Labute approximate surface area is 99.1 Å². The summed E-state index contributed by atoms with van der Waals surface area (Å²) >= 11 is 6.68. The van der Waals surface area contributed by atoms with Crippen molar-refractivity contribution in [2.24, 2.45) is 0 Å². The standard InChI is InChI=1S/C9H9Br2NO2/c1-5(13)12-6-3-7(10)9(14-2)8(11)4-6/h3-4H,1-2H3,(H,12,13). The Morgan fingerprint density at radius 2 is 1.86 bits per heavy atom. The molecule has 0 aromatic heterocycles. The molecule has 0 saturated heterocycles. The molecule has 0 spiro atoms. The van der Waals surface area contributed by atoms with Crippen LogP contribution in [0.2, 0.25) is 0 Å². The molecule has 0 aliphatic rings. The number of hydrogen-bond acceptors (Lipinski definition) is 2. The molecule has 0 radical (unpaired) electrons. The van der Waals surface area contributed by atoms with Crippen LogP contribution in [-0.4, -0.2) is 13.0 Å². The highest BCUT2D eigenvalue weighted by Crippen LogP contribution is 2.36. The third kappa shape index (κ3) is 2.72. The van der Waals surface area contributed by atoms with Crippen molar-refractivity contribution in [3.63, 3.8) is 0 Å². The van der Waals surface area contributed by atoms with E-state index in [-0.39, 0.29) is 5.91 Å². The first-order valence-corrected chi connectivity index (χ1v) is 5.44. The van der Waals surface area contributed by atoms with Gasteiger partial charge >= 0.3 is 0 Å². The molecular weight excluding hydrogens is 314 g/mol. The van der Waals surface area contributed by atoms with E-state index in [4.69, 9.17) is 4.74 Å². The van der Waals surface area contributed by atoms with Crippen LogP contribution in [-0.2, 0) is 4.79 Å². The molecule has 0 fully saturated rings. The largest absolute Gasteiger partial charge is 0.494 e. The second-order valence-corrected chi connectivity index (χ2v) is 4.36. The molecule has 0 aliphatic heterocycles. The monoisotopic (exact) mass is 321 g/mol. The number of methoxy groups -OCH3 is 1. The lowest BCUT2D eigenvalue weighted by atomic mass is 10.3. The first-order chi connectivity index (χ1) is 6.54. The number of halogens is 2. The Kier molecular flexibility index (Phi) is 3.95. The molecule has 0 saturated carbocycles. The molecule has 1 N–H and O–H groups in total. The van der Waals surface area contributed by atoms with Gasteiger partial charge in [-0.25, -0.2) is 0 Å². The lowest BCUT2D eigenvalue weighted by molar-refractivity contribution is -0.114. The predicted octanol–water partition coefficient (Wildman–Crippen LogP) is 3.18. The fourth-order valence-corrected chi connectivity index (χ4v) is 2.54. The molecular formula is C9H9Br2NO2. The van der Waals surface area contributed by atoms with Crippen LogP contribution >= 0.6 is 31.9 Å². The Hall–Kier alpha value is -0.550. The third-order valence-corrected chi connectivity index (χ3v) is 2.70. The van der Waals surface area contributed by atoms with Gasteiger partial charge in [0.15, 0.2) is 0 Å². The van der Waals surface area contributed by atoms with Gasteiger partial charge in [-0.3, -0.25) is 4.79 Å². The summed E-state index contributed by atoms with van der Waals surface area (Å²) in [5.41, 5.74) is 0.719. The molecule has 0 atom stereocenters. The van der Waals surface area contributed by atoms with Gasteiger partial charge in [0.05, 0.1) is 16.1 Å². The minimum atomic E-state index is -0.103. The summed E-state index contributed by atoms with van der Waals surface area (Å²) in [6.07, 6.45) is 0. The molecule has 1 rings (SSSR count). The maximum absolute atomic E-state index is 10.8. The summed E-state index contributed by atoms with van der Waals surface area (Å²) in [5.74, 6) is 0.605. The van der Waals surface area contributed by atoms with E-state index in [9.17, 15) is 4.79 Å². The lowest BCUT2D eigenvalue weighted by Crippen LogP contribution is -2.05. The lowest BCUT2D eigenvalue weighted by Gasteiger charge is -2.09. The van der Waals surface area contributed by atoms with Gasteiger partial charge in [-0.15, -0.1) is 0 Å². The van der Waals surface area contributed by atoms with Crippen LogP contribution in [0.4, 0.5) is 5.69 Å². The van der Waals surface area contributed by atoms with Crippen molar-refractivity contribution >= 4 is 43.5 Å². The van der Waals surface area contributed by atoms with Gasteiger partial charge in [0, 0.05) is 12.6 Å². The van der Waals surface area contributed by atoms with E-state index in [1.54, 1.807) is 19.2 Å². The van der Waals surface area contributed by atoms with Gasteiger partial charge in [0.25, 0.3) is 0 Å². The van der Waals surface area contributed by atoms with E-state index in [0.717, 1.165) is 14.6 Å². The van der Waals surface area contributed by atoms with Crippen LogP contribution in [0.1, 0.15) is 6.92 Å². The van der Waals surface area contributed by atoms with Crippen molar-refractivity contribution < 1.29 is 9.53 Å². The SMILES string of the molecule is COc1c(Br)cc(NC(C)=O)cc1Br. The van der Waals surface area contributed by atoms with Crippen molar-refractivity contribution in [3.05, 3.63) is 21.1 Å². The van der Waals surface area contributed by atoms with Gasteiger partial charge in [-0.1, -0.05) is 0 Å². The van der Waals surface area contributed by atoms with Crippen LogP contribution in [0.5, 0.6) is 5.75 Å². The number of anilines is 1. The fraction of sp³-hybridized carbons (Fsp3) is 0.222. The average Bonchev–Trinajstić information content (AvgIpc) is 2.01. The van der Waals surface area contributed by atoms with Crippen molar-refractivity contribution in [2.45, 2.75) is 6.92 Å². The predicted molar refractivity (Wildman–Crippen MR) is 62.7 cm³/mol. The first kappa shape index (κ1) is 11.5. The number of carbonyl (C=O) groups excluding carboxylic acids is 1. The molecule has 1 amide bonds. The van der Waals surface area contributed by atoms with Crippen molar-refractivity contribution in [1.82, 2.24) is 0 Å². The summed E-state index contributed by atoms with van der Waals surface area (Å²) in [5, 5.41) is 2.68. The van der Waals surface area contributed by atoms with E-state index >= 15 is 0 Å². The summed E-state index contributed by atoms with van der Waals surface area (Å²) < 4.78 is 6.71. The van der Waals surface area contributed by atoms with E-state index in [2.05, 4.69) is 37.2 Å². The molecule has 0 aliphatic carbocycles. The minimum Gasteiger partial charge on any atom is -0.494 e. The maximum atomic E-state index is 10.8. The molecule has 0 bridgehead atoms. The smallest absolute Gasteiger partial charge is 0.221 e. The summed E-state index contributed by atoms with van der Waals surface area (Å²) in [4.78, 5) is 10.8. The highest BCUT2D eigenvalue weighted by atomic mass is 79.9. The van der Waals surface area contributed by atoms with Gasteiger partial charge < -0.3 is 10.1 Å². The van der Waals surface area contributed by atoms with E-state index in [1.165, 1.54) is 6.92 Å². The fourth-order valence-electron chi connectivity index (χ4n) is 1.03. The van der Waals surface area contributed by atoms with Crippen LogP contribution in [0.15, 0.2) is 21.1 Å². The summed E-state index contributed by atoms with van der Waals surface area (Å²) in [6, 6.07) is 3.57. The molecule has 0 unspecified atom stereocenters. The number of benzene rings is 1. The normalized spacial score (nSPS) is 9.71. The van der Waals surface area contributed by atoms with E-state index < -0.39 is 0 Å². The molecule has 0 heterocycles. The number of rotatable bonds is 2. The van der Waals surface area contributed by atoms with Crippen LogP contribution in [0, 0.1) is 0 Å². The summed E-state index contributed by atoms with van der Waals surface area (Å²) in [7, 11) is 1.59. The maximum Gasteiger partial charge on any atom is 0.221 e. The molecule has 14 heavy (non-hydrogen) atoms. The van der Waals surface area contributed by atoms with Crippen molar-refractivity contribution in [3.8, 4) is 5.75 Å². The van der Waals surface area contributed by atoms with E-state index in [1.807, 2.05) is 0 Å². The minimum absolute atomic E-state index is 0.103. The number of carbonyl (C=O) groups is 1. The second-order valence-electron chi connectivity index (χ2n) is 2.65. The second kappa shape index (κ2) is 4.79.